The van der Waals surface area contributed by atoms with Gasteiger partial charge in [-0.15, -0.1) is 11.3 Å². The van der Waals surface area contributed by atoms with Gasteiger partial charge in [-0.2, -0.15) is 0 Å². The Hall–Kier alpha value is -0.820. The second kappa shape index (κ2) is 9.21. The molecule has 0 bridgehead atoms. The Kier molecular flexibility index (Phi) is 7.55. The Morgan fingerprint density at radius 3 is 2.92 bits per heavy atom. The summed E-state index contributed by atoms with van der Waals surface area (Å²) in [5, 5.41) is 3.52. The largest absolute Gasteiger partial charge is 0.444 e. The highest BCUT2D eigenvalue weighted by molar-refractivity contribution is 7.16. The zero-order valence-electron chi connectivity index (χ0n) is 15.5. The van der Waals surface area contributed by atoms with Gasteiger partial charge in [0.1, 0.15) is 5.60 Å². The second-order valence-electron chi connectivity index (χ2n) is 7.45. The highest BCUT2D eigenvalue weighted by Gasteiger charge is 2.31. The van der Waals surface area contributed by atoms with E-state index < -0.39 is 5.60 Å². The number of hydrogen-bond acceptors (Lipinski definition) is 5. The van der Waals surface area contributed by atoms with Gasteiger partial charge < -0.3 is 19.7 Å². The average molecular weight is 389 g/mol. The molecule has 1 aliphatic heterocycles. The van der Waals surface area contributed by atoms with Crippen LogP contribution in [0.1, 0.15) is 39.0 Å². The number of thiophene rings is 1. The molecular formula is C18H29ClN2O3S. The van der Waals surface area contributed by atoms with Crippen LogP contribution < -0.4 is 5.32 Å². The van der Waals surface area contributed by atoms with E-state index in [0.717, 1.165) is 23.7 Å². The maximum atomic E-state index is 12.4. The highest BCUT2D eigenvalue weighted by atomic mass is 35.5. The molecule has 2 heterocycles. The van der Waals surface area contributed by atoms with Crippen LogP contribution in [0.3, 0.4) is 0 Å². The zero-order chi connectivity index (χ0) is 18.4. The number of morpholine rings is 1. The molecule has 1 aliphatic rings. The lowest BCUT2D eigenvalue weighted by Crippen LogP contribution is -2.52. The van der Waals surface area contributed by atoms with Gasteiger partial charge in [0.15, 0.2) is 0 Å². The summed E-state index contributed by atoms with van der Waals surface area (Å²) >= 11 is 7.58. The maximum absolute atomic E-state index is 12.4. The Bertz CT molecular complexity index is 559. The first-order chi connectivity index (χ1) is 11.7. The van der Waals surface area contributed by atoms with Gasteiger partial charge in [-0.3, -0.25) is 0 Å². The van der Waals surface area contributed by atoms with Crippen molar-refractivity contribution in [2.75, 3.05) is 26.3 Å². The Balaban J connectivity index is 1.80. The van der Waals surface area contributed by atoms with Crippen LogP contribution in [-0.4, -0.2) is 55.0 Å². The zero-order valence-corrected chi connectivity index (χ0v) is 17.1. The van der Waals surface area contributed by atoms with E-state index in [-0.39, 0.29) is 18.2 Å². The minimum absolute atomic E-state index is 0.0438. The summed E-state index contributed by atoms with van der Waals surface area (Å²) in [7, 11) is 0. The summed E-state index contributed by atoms with van der Waals surface area (Å²) < 4.78 is 11.9. The fourth-order valence-electron chi connectivity index (χ4n) is 2.83. The van der Waals surface area contributed by atoms with Gasteiger partial charge in [0.25, 0.3) is 0 Å². The average Bonchev–Trinajstić information content (AvgIpc) is 2.91. The van der Waals surface area contributed by atoms with Gasteiger partial charge in [0.2, 0.25) is 0 Å². The van der Waals surface area contributed by atoms with Crippen LogP contribution in [0.25, 0.3) is 0 Å². The standard InChI is InChI=1S/C18H29ClN2O3S/c1-13(20-8-7-15-5-6-16(19)25-15)11-14-12-23-10-9-21(14)17(22)24-18(2,3)4/h5-6,13-14,20H,7-12H2,1-4H3. The molecule has 5 nitrogen and oxygen atoms in total. The van der Waals surface area contributed by atoms with Crippen molar-refractivity contribution in [2.45, 2.75) is 58.2 Å². The smallest absolute Gasteiger partial charge is 0.410 e. The van der Waals surface area contributed by atoms with Crippen LogP contribution in [0, 0.1) is 0 Å². The van der Waals surface area contributed by atoms with Crippen molar-refractivity contribution in [3.63, 3.8) is 0 Å². The summed E-state index contributed by atoms with van der Waals surface area (Å²) in [5.41, 5.74) is -0.480. The number of halogens is 1. The van der Waals surface area contributed by atoms with Crippen molar-refractivity contribution in [1.82, 2.24) is 10.2 Å². The number of nitrogens with zero attached hydrogens (tertiary/aromatic N) is 1. The van der Waals surface area contributed by atoms with Crippen LogP contribution in [0.5, 0.6) is 0 Å². The van der Waals surface area contributed by atoms with Gasteiger partial charge >= 0.3 is 6.09 Å². The molecule has 0 aliphatic carbocycles. The minimum atomic E-state index is -0.480. The number of amides is 1. The fraction of sp³-hybridized carbons (Fsp3) is 0.722. The number of nitrogens with one attached hydrogen (secondary N) is 1. The van der Waals surface area contributed by atoms with Crippen LogP contribution in [-0.2, 0) is 15.9 Å². The third-order valence-electron chi connectivity index (χ3n) is 3.97. The molecule has 25 heavy (non-hydrogen) atoms. The Labute approximate surface area is 159 Å². The first kappa shape index (κ1) is 20.5. The third-order valence-corrected chi connectivity index (χ3v) is 5.27. The fourth-order valence-corrected chi connectivity index (χ4v) is 3.92. The lowest BCUT2D eigenvalue weighted by molar-refractivity contribution is -0.0355. The normalized spacial score (nSPS) is 19.7. The van der Waals surface area contributed by atoms with Gasteiger partial charge in [-0.1, -0.05) is 11.6 Å². The molecule has 1 amide bonds. The van der Waals surface area contributed by atoms with Gasteiger partial charge in [-0.25, -0.2) is 4.79 Å². The summed E-state index contributed by atoms with van der Waals surface area (Å²) in [6.45, 7) is 10.4. The summed E-state index contributed by atoms with van der Waals surface area (Å²) in [6, 6.07) is 4.33. The topological polar surface area (TPSA) is 50.8 Å². The first-order valence-electron chi connectivity index (χ1n) is 8.79. The van der Waals surface area contributed by atoms with Gasteiger partial charge in [-0.05, 0) is 52.7 Å². The van der Waals surface area contributed by atoms with E-state index in [9.17, 15) is 4.79 Å². The molecule has 2 atom stereocenters. The number of hydrogen-bond donors (Lipinski definition) is 1. The first-order valence-corrected chi connectivity index (χ1v) is 9.99. The number of rotatable bonds is 6. The van der Waals surface area contributed by atoms with Gasteiger partial charge in [0, 0.05) is 24.0 Å². The minimum Gasteiger partial charge on any atom is -0.444 e. The molecule has 0 aromatic carbocycles. The van der Waals surface area contributed by atoms with Crippen molar-refractivity contribution in [3.8, 4) is 0 Å². The predicted octanol–water partition coefficient (Wildman–Crippen LogP) is 3.95. The molecule has 142 valence electrons. The summed E-state index contributed by atoms with van der Waals surface area (Å²) in [6.07, 6.45) is 1.55. The van der Waals surface area contributed by atoms with Crippen molar-refractivity contribution < 1.29 is 14.3 Å². The van der Waals surface area contributed by atoms with E-state index >= 15 is 0 Å². The third kappa shape index (κ3) is 7.13. The van der Waals surface area contributed by atoms with Crippen molar-refractivity contribution in [2.24, 2.45) is 0 Å². The van der Waals surface area contributed by atoms with Crippen LogP contribution in [0.15, 0.2) is 12.1 Å². The molecule has 2 unspecified atom stereocenters. The van der Waals surface area contributed by atoms with E-state index in [1.807, 2.05) is 31.7 Å². The monoisotopic (exact) mass is 388 g/mol. The molecule has 0 spiro atoms. The van der Waals surface area contributed by atoms with E-state index in [2.05, 4.69) is 18.3 Å². The van der Waals surface area contributed by atoms with Crippen LogP contribution in [0.2, 0.25) is 4.34 Å². The molecule has 0 radical (unpaired) electrons. The lowest BCUT2D eigenvalue weighted by Gasteiger charge is -2.37. The number of ether oxygens (including phenoxy) is 2. The molecule has 1 N–H and O–H groups in total. The van der Waals surface area contributed by atoms with Gasteiger partial charge in [0.05, 0.1) is 23.6 Å². The predicted molar refractivity (Wildman–Crippen MR) is 103 cm³/mol. The summed E-state index contributed by atoms with van der Waals surface area (Å²) in [5.74, 6) is 0. The quantitative estimate of drug-likeness (QED) is 0.801. The molecule has 1 aromatic heterocycles. The van der Waals surface area contributed by atoms with Crippen molar-refractivity contribution >= 4 is 29.0 Å². The van der Waals surface area contributed by atoms with Crippen molar-refractivity contribution in [1.29, 1.82) is 0 Å². The molecule has 0 saturated carbocycles. The van der Waals surface area contributed by atoms with E-state index in [1.54, 1.807) is 11.3 Å². The van der Waals surface area contributed by atoms with Crippen LogP contribution >= 0.6 is 22.9 Å². The van der Waals surface area contributed by atoms with E-state index in [4.69, 9.17) is 21.1 Å². The lowest BCUT2D eigenvalue weighted by atomic mass is 10.1. The van der Waals surface area contributed by atoms with Crippen LogP contribution in [0.4, 0.5) is 4.79 Å². The number of carbonyl (C=O) groups is 1. The molecule has 2 rings (SSSR count). The Morgan fingerprint density at radius 1 is 1.52 bits per heavy atom. The molecule has 1 fully saturated rings. The molecular weight excluding hydrogens is 360 g/mol. The maximum Gasteiger partial charge on any atom is 0.410 e. The summed E-state index contributed by atoms with van der Waals surface area (Å²) in [4.78, 5) is 15.5. The van der Waals surface area contributed by atoms with E-state index in [0.29, 0.717) is 19.8 Å². The van der Waals surface area contributed by atoms with Crippen molar-refractivity contribution in [3.05, 3.63) is 21.3 Å². The molecule has 7 heteroatoms. The number of carbonyl (C=O) groups excluding carboxylic acids is 1. The molecule has 1 aromatic rings. The second-order valence-corrected chi connectivity index (χ2v) is 9.25. The Morgan fingerprint density at radius 2 is 2.28 bits per heavy atom. The highest BCUT2D eigenvalue weighted by Crippen LogP contribution is 2.21. The molecule has 1 saturated heterocycles. The van der Waals surface area contributed by atoms with E-state index in [1.165, 1.54) is 4.88 Å². The SMILES string of the molecule is CC(CC1COCCN1C(=O)OC(C)(C)C)NCCc1ccc(Cl)s1.